The van der Waals surface area contributed by atoms with Crippen molar-refractivity contribution in [3.8, 4) is 22.7 Å². The van der Waals surface area contributed by atoms with Crippen molar-refractivity contribution in [3.05, 3.63) is 66.9 Å². The van der Waals surface area contributed by atoms with Crippen LogP contribution in [0, 0.1) is 0 Å². The van der Waals surface area contributed by atoms with Gasteiger partial charge in [0.05, 0.1) is 11.4 Å². The van der Waals surface area contributed by atoms with Crippen molar-refractivity contribution in [2.45, 2.75) is 5.22 Å². The van der Waals surface area contributed by atoms with E-state index in [0.717, 1.165) is 34.3 Å². The van der Waals surface area contributed by atoms with E-state index in [0.29, 0.717) is 11.1 Å². The van der Waals surface area contributed by atoms with E-state index in [-0.39, 0.29) is 17.6 Å². The number of rotatable bonds is 7. The van der Waals surface area contributed by atoms with Crippen LogP contribution in [0.15, 0.2) is 76.5 Å². The van der Waals surface area contributed by atoms with Crippen LogP contribution in [0.2, 0.25) is 0 Å². The molecule has 0 aliphatic rings. The third-order valence-corrected chi connectivity index (χ3v) is 5.16. The second-order valence-corrected chi connectivity index (χ2v) is 7.71. The van der Waals surface area contributed by atoms with Crippen molar-refractivity contribution in [2.24, 2.45) is 0 Å². The molecule has 0 radical (unpaired) electrons. The molecule has 0 saturated heterocycles. The number of carbonyl (C=O) groups is 1. The molecule has 1 amide bonds. The highest BCUT2D eigenvalue weighted by atomic mass is 32.2. The molecule has 0 bridgehead atoms. The number of hydrogen-bond donors (Lipinski definition) is 1. The van der Waals surface area contributed by atoms with Gasteiger partial charge in [-0.3, -0.25) is 10.1 Å². The predicted molar refractivity (Wildman–Crippen MR) is 121 cm³/mol. The van der Waals surface area contributed by atoms with Gasteiger partial charge in [0.2, 0.25) is 17.7 Å². The average Bonchev–Trinajstić information content (AvgIpc) is 3.28. The number of aromatic nitrogens is 4. The van der Waals surface area contributed by atoms with Gasteiger partial charge < -0.3 is 9.32 Å². The standard InChI is InChI=1S/C22H20N6O2S/c1-28(2)17-10-8-16(9-11-17)20-26-27-22(30-20)31-14-19(29)25-21-23-13-12-18(24-21)15-6-4-3-5-7-15/h3-13H,14H2,1-2H3,(H,23,24,25,29). The van der Waals surface area contributed by atoms with E-state index >= 15 is 0 Å². The minimum Gasteiger partial charge on any atom is -0.411 e. The molecule has 9 heteroatoms. The van der Waals surface area contributed by atoms with Crippen LogP contribution in [-0.2, 0) is 4.79 Å². The van der Waals surface area contributed by atoms with Gasteiger partial charge in [0.15, 0.2) is 0 Å². The van der Waals surface area contributed by atoms with Crippen molar-refractivity contribution in [1.82, 2.24) is 20.2 Å². The Balaban J connectivity index is 1.34. The molecule has 0 atom stereocenters. The quantitative estimate of drug-likeness (QED) is 0.438. The topological polar surface area (TPSA) is 97.0 Å². The number of anilines is 2. The van der Waals surface area contributed by atoms with Gasteiger partial charge in [0.1, 0.15) is 0 Å². The molecule has 0 aliphatic carbocycles. The summed E-state index contributed by atoms with van der Waals surface area (Å²) in [5, 5.41) is 11.1. The van der Waals surface area contributed by atoms with E-state index in [9.17, 15) is 4.79 Å². The lowest BCUT2D eigenvalue weighted by Gasteiger charge is -2.11. The van der Waals surface area contributed by atoms with E-state index < -0.39 is 0 Å². The minimum atomic E-state index is -0.259. The largest absolute Gasteiger partial charge is 0.411 e. The van der Waals surface area contributed by atoms with Crippen LogP contribution < -0.4 is 10.2 Å². The zero-order valence-corrected chi connectivity index (χ0v) is 17.8. The van der Waals surface area contributed by atoms with E-state index in [1.807, 2.05) is 73.6 Å². The lowest BCUT2D eigenvalue weighted by molar-refractivity contribution is -0.113. The molecule has 4 rings (SSSR count). The van der Waals surface area contributed by atoms with Gasteiger partial charge in [-0.05, 0) is 30.3 Å². The van der Waals surface area contributed by atoms with E-state index in [4.69, 9.17) is 4.42 Å². The predicted octanol–water partition coefficient (Wildman–Crippen LogP) is 3.99. The Hall–Kier alpha value is -3.72. The first-order valence-corrected chi connectivity index (χ1v) is 10.5. The minimum absolute atomic E-state index is 0.0973. The zero-order chi connectivity index (χ0) is 21.6. The van der Waals surface area contributed by atoms with Gasteiger partial charge >= 0.3 is 0 Å². The number of hydrogen-bond acceptors (Lipinski definition) is 8. The summed E-state index contributed by atoms with van der Waals surface area (Å²) in [5.41, 5.74) is 3.58. The Morgan fingerprint density at radius 2 is 1.77 bits per heavy atom. The summed E-state index contributed by atoms with van der Waals surface area (Å²) in [6, 6.07) is 19.3. The Kier molecular flexibility index (Phi) is 6.23. The second-order valence-electron chi connectivity index (χ2n) is 6.78. The molecule has 0 unspecified atom stereocenters. The van der Waals surface area contributed by atoms with Crippen LogP contribution in [0.4, 0.5) is 11.6 Å². The fraction of sp³-hybridized carbons (Fsp3) is 0.136. The van der Waals surface area contributed by atoms with E-state index in [2.05, 4.69) is 25.5 Å². The van der Waals surface area contributed by atoms with Gasteiger partial charge in [0, 0.05) is 37.1 Å². The molecular weight excluding hydrogens is 412 g/mol. The lowest BCUT2D eigenvalue weighted by Crippen LogP contribution is -2.16. The smallest absolute Gasteiger partial charge is 0.277 e. The van der Waals surface area contributed by atoms with Gasteiger partial charge in [-0.25, -0.2) is 9.97 Å². The van der Waals surface area contributed by atoms with Crippen LogP contribution >= 0.6 is 11.8 Å². The number of carbonyl (C=O) groups excluding carboxylic acids is 1. The highest BCUT2D eigenvalue weighted by Crippen LogP contribution is 2.25. The fourth-order valence-electron chi connectivity index (χ4n) is 2.76. The van der Waals surface area contributed by atoms with Crippen LogP contribution in [0.1, 0.15) is 0 Å². The molecule has 156 valence electrons. The maximum absolute atomic E-state index is 12.3. The molecule has 8 nitrogen and oxygen atoms in total. The van der Waals surface area contributed by atoms with Crippen molar-refractivity contribution in [1.29, 1.82) is 0 Å². The maximum Gasteiger partial charge on any atom is 0.277 e. The average molecular weight is 433 g/mol. The van der Waals surface area contributed by atoms with Gasteiger partial charge in [0.25, 0.3) is 5.22 Å². The number of amides is 1. The van der Waals surface area contributed by atoms with Gasteiger partial charge in [-0.2, -0.15) is 0 Å². The Labute approximate surface area is 183 Å². The first-order valence-electron chi connectivity index (χ1n) is 9.51. The van der Waals surface area contributed by atoms with Crippen molar-refractivity contribution in [2.75, 3.05) is 30.1 Å². The highest BCUT2D eigenvalue weighted by Gasteiger charge is 2.13. The van der Waals surface area contributed by atoms with Crippen LogP contribution in [-0.4, -0.2) is 45.9 Å². The molecule has 4 aromatic rings. The molecule has 0 fully saturated rings. The summed E-state index contributed by atoms with van der Waals surface area (Å²) in [6.45, 7) is 0. The van der Waals surface area contributed by atoms with Crippen molar-refractivity contribution in [3.63, 3.8) is 0 Å². The van der Waals surface area contributed by atoms with Crippen molar-refractivity contribution < 1.29 is 9.21 Å². The summed E-state index contributed by atoms with van der Waals surface area (Å²) in [4.78, 5) is 22.8. The summed E-state index contributed by atoms with van der Waals surface area (Å²) in [6.07, 6.45) is 1.62. The van der Waals surface area contributed by atoms with Crippen LogP contribution in [0.25, 0.3) is 22.7 Å². The highest BCUT2D eigenvalue weighted by molar-refractivity contribution is 7.99. The molecule has 2 heterocycles. The number of nitrogens with zero attached hydrogens (tertiary/aromatic N) is 5. The number of nitrogens with one attached hydrogen (secondary N) is 1. The van der Waals surface area contributed by atoms with E-state index in [1.54, 1.807) is 12.3 Å². The third-order valence-electron chi connectivity index (χ3n) is 4.34. The summed E-state index contributed by atoms with van der Waals surface area (Å²) < 4.78 is 5.66. The molecule has 0 saturated carbocycles. The lowest BCUT2D eigenvalue weighted by atomic mass is 10.1. The van der Waals surface area contributed by atoms with Crippen molar-refractivity contribution >= 4 is 29.3 Å². The maximum atomic E-state index is 12.3. The number of benzene rings is 2. The third kappa shape index (κ3) is 5.26. The van der Waals surface area contributed by atoms with E-state index in [1.165, 1.54) is 0 Å². The molecular formula is C22H20N6O2S. The SMILES string of the molecule is CN(C)c1ccc(-c2nnc(SCC(=O)Nc3nccc(-c4ccccc4)n3)o2)cc1. The monoisotopic (exact) mass is 432 g/mol. The van der Waals surface area contributed by atoms with Gasteiger partial charge in [-0.15, -0.1) is 10.2 Å². The fourth-order valence-corrected chi connectivity index (χ4v) is 3.33. The molecule has 0 aliphatic heterocycles. The van der Waals surface area contributed by atoms with Crippen LogP contribution in [0.5, 0.6) is 0 Å². The summed E-state index contributed by atoms with van der Waals surface area (Å²) in [7, 11) is 3.95. The molecule has 2 aromatic carbocycles. The Bertz CT molecular complexity index is 1160. The first-order chi connectivity index (χ1) is 15.1. The Morgan fingerprint density at radius 3 is 2.52 bits per heavy atom. The molecule has 31 heavy (non-hydrogen) atoms. The van der Waals surface area contributed by atoms with Gasteiger partial charge in [-0.1, -0.05) is 42.1 Å². The molecule has 2 aromatic heterocycles. The molecule has 1 N–H and O–H groups in total. The molecule has 0 spiro atoms. The summed E-state index contributed by atoms with van der Waals surface area (Å²) >= 11 is 1.16. The Morgan fingerprint density at radius 1 is 1.00 bits per heavy atom. The first kappa shape index (κ1) is 20.5. The number of thioether (sulfide) groups is 1. The zero-order valence-electron chi connectivity index (χ0n) is 17.0. The second kappa shape index (κ2) is 9.40. The summed E-state index contributed by atoms with van der Waals surface area (Å²) in [5.74, 6) is 0.497. The normalized spacial score (nSPS) is 10.6. The van der Waals surface area contributed by atoms with Crippen LogP contribution in [0.3, 0.4) is 0 Å².